The fraction of sp³-hybridized carbons (Fsp3) is 0.333. The fourth-order valence-corrected chi connectivity index (χ4v) is 1.57. The van der Waals surface area contributed by atoms with Crippen LogP contribution in [0.25, 0.3) is 0 Å². The van der Waals surface area contributed by atoms with E-state index in [9.17, 15) is 0 Å². The minimum Gasteiger partial charge on any atom is -0.394 e. The first kappa shape index (κ1) is 9.28. The Labute approximate surface area is 86.0 Å². The highest BCUT2D eigenvalue weighted by atomic mass is 35.5. The van der Waals surface area contributed by atoms with Gasteiger partial charge in [0.25, 0.3) is 0 Å². The van der Waals surface area contributed by atoms with E-state index >= 15 is 0 Å². The quantitative estimate of drug-likeness (QED) is 0.774. The Morgan fingerprint density at radius 1 is 1.31 bits per heavy atom. The lowest BCUT2D eigenvalue weighted by atomic mass is 10.1. The van der Waals surface area contributed by atoms with Gasteiger partial charge in [0.05, 0.1) is 16.7 Å². The predicted octanol–water partition coefficient (Wildman–Crippen LogP) is 2.43. The van der Waals surface area contributed by atoms with Crippen molar-refractivity contribution in [1.82, 2.24) is 0 Å². The molecule has 1 aromatic rings. The summed E-state index contributed by atoms with van der Waals surface area (Å²) in [6, 6.07) is 5.36. The first-order valence-corrected chi connectivity index (χ1v) is 4.69. The zero-order valence-electron chi connectivity index (χ0n) is 6.71. The standard InChI is InChI=1S/C9H8Cl2O2/c10-6-2-1-5(3-7(6)11)9-8(4-12)13-9/h1-3,8-9,12H,4H2/t8-,9?/m0/s1. The molecule has 2 nitrogen and oxygen atoms in total. The summed E-state index contributed by atoms with van der Waals surface area (Å²) in [6.45, 7) is 0.0465. The van der Waals surface area contributed by atoms with Crippen molar-refractivity contribution in [2.45, 2.75) is 12.2 Å². The molecule has 0 amide bonds. The van der Waals surface area contributed by atoms with E-state index in [1.54, 1.807) is 12.1 Å². The number of rotatable bonds is 2. The molecule has 1 fully saturated rings. The number of aliphatic hydroxyl groups is 1. The molecule has 1 N–H and O–H groups in total. The molecule has 0 bridgehead atoms. The minimum absolute atomic E-state index is 0.0141. The summed E-state index contributed by atoms with van der Waals surface area (Å²) in [5.74, 6) is 0. The van der Waals surface area contributed by atoms with Gasteiger partial charge in [-0.2, -0.15) is 0 Å². The molecule has 1 saturated heterocycles. The maximum absolute atomic E-state index is 8.78. The van der Waals surface area contributed by atoms with Crippen molar-refractivity contribution >= 4 is 23.2 Å². The van der Waals surface area contributed by atoms with Crippen LogP contribution < -0.4 is 0 Å². The van der Waals surface area contributed by atoms with Crippen LogP contribution in [0.4, 0.5) is 0 Å². The van der Waals surface area contributed by atoms with Gasteiger partial charge in [0.15, 0.2) is 0 Å². The molecule has 1 heterocycles. The van der Waals surface area contributed by atoms with Crippen molar-refractivity contribution in [2.75, 3.05) is 6.61 Å². The van der Waals surface area contributed by atoms with Crippen LogP contribution in [0.1, 0.15) is 11.7 Å². The molecule has 1 aliphatic heterocycles. The molecular formula is C9H8Cl2O2. The molecule has 1 aromatic carbocycles. The van der Waals surface area contributed by atoms with E-state index in [4.69, 9.17) is 33.0 Å². The Bertz CT molecular complexity index is 327. The second kappa shape index (κ2) is 3.46. The zero-order chi connectivity index (χ0) is 9.42. The summed E-state index contributed by atoms with van der Waals surface area (Å²) in [7, 11) is 0. The van der Waals surface area contributed by atoms with Crippen LogP contribution in [0.15, 0.2) is 18.2 Å². The summed E-state index contributed by atoms with van der Waals surface area (Å²) in [5, 5.41) is 9.83. The lowest BCUT2D eigenvalue weighted by Crippen LogP contribution is -1.94. The molecule has 70 valence electrons. The monoisotopic (exact) mass is 218 g/mol. The minimum atomic E-state index is -0.0720. The van der Waals surface area contributed by atoms with Gasteiger partial charge >= 0.3 is 0 Å². The van der Waals surface area contributed by atoms with E-state index in [0.717, 1.165) is 5.56 Å². The molecule has 0 aliphatic carbocycles. The third kappa shape index (κ3) is 1.81. The van der Waals surface area contributed by atoms with Gasteiger partial charge in [0, 0.05) is 0 Å². The molecule has 0 spiro atoms. The maximum Gasteiger partial charge on any atom is 0.112 e. The van der Waals surface area contributed by atoms with Gasteiger partial charge in [-0.1, -0.05) is 29.3 Å². The smallest absolute Gasteiger partial charge is 0.112 e. The van der Waals surface area contributed by atoms with Crippen molar-refractivity contribution in [3.8, 4) is 0 Å². The number of hydrogen-bond donors (Lipinski definition) is 1. The highest BCUT2D eigenvalue weighted by molar-refractivity contribution is 6.42. The Balaban J connectivity index is 2.19. The van der Waals surface area contributed by atoms with E-state index in [1.807, 2.05) is 6.07 Å². The van der Waals surface area contributed by atoms with E-state index in [2.05, 4.69) is 0 Å². The van der Waals surface area contributed by atoms with Crippen molar-refractivity contribution < 1.29 is 9.84 Å². The Morgan fingerprint density at radius 2 is 2.08 bits per heavy atom. The van der Waals surface area contributed by atoms with Gasteiger partial charge in [0.1, 0.15) is 12.2 Å². The van der Waals surface area contributed by atoms with Crippen molar-refractivity contribution in [1.29, 1.82) is 0 Å². The lowest BCUT2D eigenvalue weighted by molar-refractivity contribution is 0.242. The van der Waals surface area contributed by atoms with Crippen molar-refractivity contribution in [2.24, 2.45) is 0 Å². The normalized spacial score (nSPS) is 26.1. The first-order valence-electron chi connectivity index (χ1n) is 3.93. The maximum atomic E-state index is 8.78. The van der Waals surface area contributed by atoms with Crippen LogP contribution in [-0.2, 0) is 4.74 Å². The molecule has 0 saturated carbocycles. The van der Waals surface area contributed by atoms with E-state index < -0.39 is 0 Å². The van der Waals surface area contributed by atoms with Crippen LogP contribution in [0.3, 0.4) is 0 Å². The number of ether oxygens (including phenoxy) is 1. The van der Waals surface area contributed by atoms with Crippen LogP contribution in [0.2, 0.25) is 10.0 Å². The highest BCUT2D eigenvalue weighted by Crippen LogP contribution is 2.39. The number of benzene rings is 1. The Morgan fingerprint density at radius 3 is 2.62 bits per heavy atom. The summed E-state index contributed by atoms with van der Waals surface area (Å²) >= 11 is 11.6. The summed E-state index contributed by atoms with van der Waals surface area (Å²) in [5.41, 5.74) is 0.966. The van der Waals surface area contributed by atoms with E-state index in [-0.39, 0.29) is 18.8 Å². The van der Waals surface area contributed by atoms with Gasteiger partial charge in [-0.3, -0.25) is 0 Å². The van der Waals surface area contributed by atoms with Gasteiger partial charge < -0.3 is 9.84 Å². The number of halogens is 2. The van der Waals surface area contributed by atoms with Crippen molar-refractivity contribution in [3.63, 3.8) is 0 Å². The zero-order valence-corrected chi connectivity index (χ0v) is 8.22. The van der Waals surface area contributed by atoms with Gasteiger partial charge in [-0.15, -0.1) is 0 Å². The first-order chi connectivity index (χ1) is 6.22. The summed E-state index contributed by atoms with van der Waals surface area (Å²) in [4.78, 5) is 0. The Hall–Kier alpha value is -0.280. The van der Waals surface area contributed by atoms with Crippen molar-refractivity contribution in [3.05, 3.63) is 33.8 Å². The molecule has 0 radical (unpaired) electrons. The molecule has 2 atom stereocenters. The van der Waals surface area contributed by atoms with E-state index in [1.165, 1.54) is 0 Å². The van der Waals surface area contributed by atoms with Gasteiger partial charge in [0.2, 0.25) is 0 Å². The Kier molecular flexibility index (Phi) is 2.47. The fourth-order valence-electron chi connectivity index (χ4n) is 1.26. The second-order valence-electron chi connectivity index (χ2n) is 2.95. The molecule has 1 aliphatic rings. The summed E-state index contributed by atoms with van der Waals surface area (Å²) in [6.07, 6.45) is -0.0861. The third-order valence-corrected chi connectivity index (χ3v) is 2.77. The molecular weight excluding hydrogens is 211 g/mol. The number of aliphatic hydroxyl groups excluding tert-OH is 1. The largest absolute Gasteiger partial charge is 0.394 e. The third-order valence-electron chi connectivity index (χ3n) is 2.03. The average Bonchev–Trinajstić information content (AvgIpc) is 2.88. The molecule has 1 unspecified atom stereocenters. The molecule has 2 rings (SSSR count). The summed E-state index contributed by atoms with van der Waals surface area (Å²) < 4.78 is 5.20. The van der Waals surface area contributed by atoms with Crippen LogP contribution in [0, 0.1) is 0 Å². The second-order valence-corrected chi connectivity index (χ2v) is 3.77. The lowest BCUT2D eigenvalue weighted by Gasteiger charge is -1.98. The SMILES string of the molecule is OC[C@@H]1OC1c1ccc(Cl)c(Cl)c1. The van der Waals surface area contributed by atoms with Crippen LogP contribution in [0.5, 0.6) is 0 Å². The van der Waals surface area contributed by atoms with Gasteiger partial charge in [-0.05, 0) is 17.7 Å². The average molecular weight is 219 g/mol. The van der Waals surface area contributed by atoms with Gasteiger partial charge in [-0.25, -0.2) is 0 Å². The highest BCUT2D eigenvalue weighted by Gasteiger charge is 2.39. The van der Waals surface area contributed by atoms with Crippen LogP contribution in [-0.4, -0.2) is 17.8 Å². The molecule has 0 aromatic heterocycles. The number of hydrogen-bond acceptors (Lipinski definition) is 2. The molecule has 4 heteroatoms. The van der Waals surface area contributed by atoms with Crippen LogP contribution >= 0.6 is 23.2 Å². The molecule has 13 heavy (non-hydrogen) atoms. The van der Waals surface area contributed by atoms with E-state index in [0.29, 0.717) is 10.0 Å². The topological polar surface area (TPSA) is 32.8 Å². The number of epoxide rings is 1. The predicted molar refractivity (Wildman–Crippen MR) is 51.2 cm³/mol.